The number of rotatable bonds is 6. The Morgan fingerprint density at radius 1 is 1.18 bits per heavy atom. The molecule has 0 amide bonds. The zero-order valence-corrected chi connectivity index (χ0v) is 10.2. The van der Waals surface area contributed by atoms with E-state index in [2.05, 4.69) is 5.32 Å². The Morgan fingerprint density at radius 3 is 2.82 bits per heavy atom. The van der Waals surface area contributed by atoms with Crippen molar-refractivity contribution in [2.75, 3.05) is 12.3 Å². The van der Waals surface area contributed by atoms with E-state index in [1.54, 1.807) is 18.4 Å². The maximum Gasteiger partial charge on any atom is 0.136 e. The molecule has 0 spiro atoms. The first-order valence-corrected chi connectivity index (χ1v) is 6.45. The molecule has 0 aliphatic rings. The number of nitrogens with one attached hydrogen (secondary N) is 1. The monoisotopic (exact) mass is 251 g/mol. The summed E-state index contributed by atoms with van der Waals surface area (Å²) in [5, 5.41) is 3.24. The smallest absolute Gasteiger partial charge is 0.136 e. The van der Waals surface area contributed by atoms with Crippen LogP contribution in [0, 0.1) is 5.82 Å². The maximum atomic E-state index is 13.3. The van der Waals surface area contributed by atoms with Crippen LogP contribution in [0.3, 0.4) is 0 Å². The van der Waals surface area contributed by atoms with E-state index in [9.17, 15) is 4.39 Å². The molecule has 1 N–H and O–H groups in total. The molecule has 2 rings (SSSR count). The third-order valence-corrected chi connectivity index (χ3v) is 3.30. The van der Waals surface area contributed by atoms with Crippen LogP contribution in [0.25, 0.3) is 0 Å². The molecule has 0 saturated heterocycles. The molecule has 0 bridgehead atoms. The highest BCUT2D eigenvalue weighted by molar-refractivity contribution is 7.99. The Balaban J connectivity index is 1.65. The van der Waals surface area contributed by atoms with Gasteiger partial charge in [0.2, 0.25) is 0 Å². The normalized spacial score (nSPS) is 10.6. The van der Waals surface area contributed by atoms with E-state index in [-0.39, 0.29) is 5.82 Å². The Morgan fingerprint density at radius 2 is 2.06 bits per heavy atom. The number of halogens is 1. The van der Waals surface area contributed by atoms with Gasteiger partial charge in [-0.25, -0.2) is 4.39 Å². The fourth-order valence-electron chi connectivity index (χ4n) is 1.42. The third kappa shape index (κ3) is 3.91. The van der Waals surface area contributed by atoms with Crippen LogP contribution in [0.4, 0.5) is 4.39 Å². The number of hydrogen-bond donors (Lipinski definition) is 1. The zero-order chi connectivity index (χ0) is 11.9. The fourth-order valence-corrected chi connectivity index (χ4v) is 2.27. The summed E-state index contributed by atoms with van der Waals surface area (Å²) in [6.45, 7) is 1.53. The van der Waals surface area contributed by atoms with Gasteiger partial charge in [0.05, 0.1) is 12.8 Å². The van der Waals surface area contributed by atoms with Crippen LogP contribution in [-0.4, -0.2) is 12.3 Å². The number of hydrogen-bond acceptors (Lipinski definition) is 3. The van der Waals surface area contributed by atoms with Crippen LogP contribution in [-0.2, 0) is 6.54 Å². The molecule has 90 valence electrons. The van der Waals surface area contributed by atoms with Crippen molar-refractivity contribution in [3.05, 3.63) is 54.2 Å². The standard InChI is InChI=1S/C13H14FNOS/c14-12-5-1-2-6-13(12)17-9-7-15-10-11-4-3-8-16-11/h1-6,8,15H,7,9-10H2. The van der Waals surface area contributed by atoms with Gasteiger partial charge in [-0.15, -0.1) is 11.8 Å². The summed E-state index contributed by atoms with van der Waals surface area (Å²) in [7, 11) is 0. The van der Waals surface area contributed by atoms with Gasteiger partial charge >= 0.3 is 0 Å². The van der Waals surface area contributed by atoms with Crippen molar-refractivity contribution in [3.63, 3.8) is 0 Å². The summed E-state index contributed by atoms with van der Waals surface area (Å²) in [5.74, 6) is 1.60. The number of thioether (sulfide) groups is 1. The van der Waals surface area contributed by atoms with Gasteiger partial charge < -0.3 is 9.73 Å². The van der Waals surface area contributed by atoms with Gasteiger partial charge in [0.1, 0.15) is 11.6 Å². The molecule has 2 nitrogen and oxygen atoms in total. The highest BCUT2D eigenvalue weighted by atomic mass is 32.2. The first-order valence-electron chi connectivity index (χ1n) is 5.46. The molecule has 2 aromatic rings. The Hall–Kier alpha value is -1.26. The molecule has 4 heteroatoms. The molecule has 0 aliphatic heterocycles. The fraction of sp³-hybridized carbons (Fsp3) is 0.231. The minimum absolute atomic E-state index is 0.150. The summed E-state index contributed by atoms with van der Waals surface area (Å²) in [5.41, 5.74) is 0. The summed E-state index contributed by atoms with van der Waals surface area (Å²) in [4.78, 5) is 0.701. The van der Waals surface area contributed by atoms with Crippen molar-refractivity contribution in [2.45, 2.75) is 11.4 Å². The molecule has 0 radical (unpaired) electrons. The lowest BCUT2D eigenvalue weighted by Crippen LogP contribution is -2.16. The zero-order valence-electron chi connectivity index (χ0n) is 9.36. The van der Waals surface area contributed by atoms with Crippen molar-refractivity contribution in [2.24, 2.45) is 0 Å². The van der Waals surface area contributed by atoms with Crippen LogP contribution in [0.5, 0.6) is 0 Å². The Labute approximate surface area is 104 Å². The second-order valence-electron chi connectivity index (χ2n) is 3.54. The summed E-state index contributed by atoms with van der Waals surface area (Å²) < 4.78 is 18.5. The van der Waals surface area contributed by atoms with E-state index in [0.29, 0.717) is 11.4 Å². The molecule has 0 saturated carbocycles. The maximum absolute atomic E-state index is 13.3. The third-order valence-electron chi connectivity index (χ3n) is 2.25. The van der Waals surface area contributed by atoms with Crippen molar-refractivity contribution in [1.82, 2.24) is 5.32 Å². The van der Waals surface area contributed by atoms with Crippen LogP contribution in [0.1, 0.15) is 5.76 Å². The molecule has 1 aromatic heterocycles. The van der Waals surface area contributed by atoms with E-state index >= 15 is 0 Å². The minimum Gasteiger partial charge on any atom is -0.468 e. The largest absolute Gasteiger partial charge is 0.468 e. The lowest BCUT2D eigenvalue weighted by atomic mass is 10.3. The second-order valence-corrected chi connectivity index (χ2v) is 4.67. The highest BCUT2D eigenvalue weighted by Gasteiger charge is 2.00. The minimum atomic E-state index is -0.150. The van der Waals surface area contributed by atoms with Crippen molar-refractivity contribution in [1.29, 1.82) is 0 Å². The van der Waals surface area contributed by atoms with Gasteiger partial charge in [0.15, 0.2) is 0 Å². The van der Waals surface area contributed by atoms with Crippen LogP contribution in [0.2, 0.25) is 0 Å². The summed E-state index contributed by atoms with van der Waals surface area (Å²) >= 11 is 1.52. The molecule has 1 aromatic carbocycles. The predicted octanol–water partition coefficient (Wildman–Crippen LogP) is 3.30. The summed E-state index contributed by atoms with van der Waals surface area (Å²) in [6, 6.07) is 10.6. The van der Waals surface area contributed by atoms with Crippen LogP contribution >= 0.6 is 11.8 Å². The second kappa shape index (κ2) is 6.47. The van der Waals surface area contributed by atoms with Gasteiger partial charge in [-0.05, 0) is 24.3 Å². The molecule has 0 unspecified atom stereocenters. The number of benzene rings is 1. The first kappa shape index (κ1) is 12.2. The summed E-state index contributed by atoms with van der Waals surface area (Å²) in [6.07, 6.45) is 1.66. The number of furan rings is 1. The van der Waals surface area contributed by atoms with E-state index in [1.165, 1.54) is 17.8 Å². The lowest BCUT2D eigenvalue weighted by Gasteiger charge is -2.04. The quantitative estimate of drug-likeness (QED) is 0.630. The average Bonchev–Trinajstić information content (AvgIpc) is 2.84. The molecule has 0 aliphatic carbocycles. The highest BCUT2D eigenvalue weighted by Crippen LogP contribution is 2.20. The Kier molecular flexibility index (Phi) is 4.64. The van der Waals surface area contributed by atoms with Gasteiger partial charge in [-0.2, -0.15) is 0 Å². The van der Waals surface area contributed by atoms with Crippen molar-refractivity contribution >= 4 is 11.8 Å². The van der Waals surface area contributed by atoms with Crippen LogP contribution < -0.4 is 5.32 Å². The van der Waals surface area contributed by atoms with E-state index in [1.807, 2.05) is 18.2 Å². The molecule has 1 heterocycles. The molecular weight excluding hydrogens is 237 g/mol. The van der Waals surface area contributed by atoms with E-state index in [0.717, 1.165) is 18.1 Å². The van der Waals surface area contributed by atoms with Gasteiger partial charge in [-0.3, -0.25) is 0 Å². The van der Waals surface area contributed by atoms with Crippen molar-refractivity contribution in [3.8, 4) is 0 Å². The van der Waals surface area contributed by atoms with Crippen molar-refractivity contribution < 1.29 is 8.81 Å². The lowest BCUT2D eigenvalue weighted by molar-refractivity contribution is 0.488. The molecule has 0 atom stereocenters. The topological polar surface area (TPSA) is 25.2 Å². The molecule has 17 heavy (non-hydrogen) atoms. The first-order chi connectivity index (χ1) is 8.36. The van der Waals surface area contributed by atoms with E-state index in [4.69, 9.17) is 4.42 Å². The SMILES string of the molecule is Fc1ccccc1SCCNCc1ccco1. The average molecular weight is 251 g/mol. The predicted molar refractivity (Wildman–Crippen MR) is 67.5 cm³/mol. The molecular formula is C13H14FNOS. The van der Waals surface area contributed by atoms with Gasteiger partial charge in [0, 0.05) is 17.2 Å². The Bertz CT molecular complexity index is 444. The van der Waals surface area contributed by atoms with Crippen LogP contribution in [0.15, 0.2) is 52.0 Å². The van der Waals surface area contributed by atoms with Gasteiger partial charge in [0.25, 0.3) is 0 Å². The molecule has 0 fully saturated rings. The van der Waals surface area contributed by atoms with Gasteiger partial charge in [-0.1, -0.05) is 12.1 Å². The van der Waals surface area contributed by atoms with E-state index < -0.39 is 0 Å².